The van der Waals surface area contributed by atoms with Crippen molar-refractivity contribution in [3.05, 3.63) is 68.5 Å². The van der Waals surface area contributed by atoms with Gasteiger partial charge >= 0.3 is 0 Å². The van der Waals surface area contributed by atoms with Gasteiger partial charge in [0, 0.05) is 30.1 Å². The molecule has 1 amide bonds. The first kappa shape index (κ1) is 22.1. The molecule has 4 rings (SSSR count). The lowest BCUT2D eigenvalue weighted by Crippen LogP contribution is -2.45. The quantitative estimate of drug-likeness (QED) is 0.613. The van der Waals surface area contributed by atoms with E-state index in [0.717, 1.165) is 62.1 Å². The van der Waals surface area contributed by atoms with E-state index in [1.807, 2.05) is 22.7 Å². The summed E-state index contributed by atoms with van der Waals surface area (Å²) in [5.41, 5.74) is 8.78. The molecule has 0 radical (unpaired) electrons. The van der Waals surface area contributed by atoms with E-state index >= 15 is 0 Å². The molecule has 0 bridgehead atoms. The Morgan fingerprint density at radius 2 is 1.87 bits per heavy atom. The van der Waals surface area contributed by atoms with Crippen LogP contribution < -0.4 is 5.43 Å². The molecule has 1 aliphatic carbocycles. The zero-order valence-electron chi connectivity index (χ0n) is 18.0. The second-order valence-electron chi connectivity index (χ2n) is 8.43. The number of amides is 1. The van der Waals surface area contributed by atoms with Crippen LogP contribution in [0.1, 0.15) is 60.8 Å². The monoisotopic (exact) mass is 458 g/mol. The smallest absolute Gasteiger partial charge is 0.283 e. The number of aromatic nitrogens is 2. The lowest BCUT2D eigenvalue weighted by molar-refractivity contribution is 0.0743. The first-order chi connectivity index (χ1) is 14.9. The topological polar surface area (TPSA) is 50.2 Å². The Kier molecular flexibility index (Phi) is 6.85. The van der Waals surface area contributed by atoms with Gasteiger partial charge < -0.3 is 0 Å². The molecule has 0 unspecified atom stereocenters. The van der Waals surface area contributed by atoms with Crippen LogP contribution in [0.5, 0.6) is 0 Å². The molecule has 0 atom stereocenters. The van der Waals surface area contributed by atoms with E-state index < -0.39 is 0 Å². The summed E-state index contributed by atoms with van der Waals surface area (Å²) in [6, 6.07) is 5.36. The van der Waals surface area contributed by atoms with Crippen LogP contribution in [0.2, 0.25) is 10.0 Å². The predicted octanol–water partition coefficient (Wildman–Crippen LogP) is 5.83. The Balaban J connectivity index is 1.71. The summed E-state index contributed by atoms with van der Waals surface area (Å²) in [6.07, 6.45) is 10.6. The molecule has 1 fully saturated rings. The highest BCUT2D eigenvalue weighted by Gasteiger charge is 2.24. The number of carbonyl (C=O) groups is 1. The SMILES string of the molecule is CC1=CC=C(Cc2c(C)c(C(=O)NN3CCCCC3)nn2-c2ccc(Cl)cc2Cl)CC1. The molecule has 1 aliphatic heterocycles. The van der Waals surface area contributed by atoms with E-state index in [4.69, 9.17) is 28.3 Å². The number of nitrogens with one attached hydrogen (secondary N) is 1. The molecule has 2 heterocycles. The van der Waals surface area contributed by atoms with Crippen LogP contribution in [0.15, 0.2) is 41.5 Å². The van der Waals surface area contributed by atoms with Gasteiger partial charge in [-0.3, -0.25) is 10.2 Å². The number of hydrogen-bond donors (Lipinski definition) is 1. The van der Waals surface area contributed by atoms with Crippen molar-refractivity contribution in [3.8, 4) is 5.69 Å². The first-order valence-corrected chi connectivity index (χ1v) is 11.6. The number of allylic oxidation sites excluding steroid dienone is 4. The Bertz CT molecular complexity index is 1050. The highest BCUT2D eigenvalue weighted by molar-refractivity contribution is 6.35. The fourth-order valence-corrected chi connectivity index (χ4v) is 4.64. The molecular weight excluding hydrogens is 431 g/mol. The van der Waals surface area contributed by atoms with Gasteiger partial charge in [-0.15, -0.1) is 0 Å². The molecule has 31 heavy (non-hydrogen) atoms. The summed E-state index contributed by atoms with van der Waals surface area (Å²) in [6.45, 7) is 5.87. The Morgan fingerprint density at radius 1 is 1.10 bits per heavy atom. The van der Waals surface area contributed by atoms with E-state index in [-0.39, 0.29) is 5.91 Å². The molecule has 1 saturated heterocycles. The predicted molar refractivity (Wildman–Crippen MR) is 126 cm³/mol. The van der Waals surface area contributed by atoms with Crippen molar-refractivity contribution in [2.75, 3.05) is 13.1 Å². The van der Waals surface area contributed by atoms with Crippen LogP contribution in [0.3, 0.4) is 0 Å². The van der Waals surface area contributed by atoms with Crippen LogP contribution in [0.25, 0.3) is 5.69 Å². The molecule has 1 aromatic heterocycles. The number of nitrogens with zero attached hydrogens (tertiary/aromatic N) is 3. The summed E-state index contributed by atoms with van der Waals surface area (Å²) < 4.78 is 1.81. The van der Waals surface area contributed by atoms with Gasteiger partial charge in [-0.25, -0.2) is 9.69 Å². The van der Waals surface area contributed by atoms with Gasteiger partial charge in [0.25, 0.3) is 5.91 Å². The van der Waals surface area contributed by atoms with E-state index in [0.29, 0.717) is 15.7 Å². The third-order valence-corrected chi connectivity index (χ3v) is 6.59. The zero-order valence-corrected chi connectivity index (χ0v) is 19.6. The second kappa shape index (κ2) is 9.60. The lowest BCUT2D eigenvalue weighted by atomic mass is 9.95. The standard InChI is InChI=1S/C24H28Cl2N4O/c1-16-6-8-18(9-7-16)14-22-17(2)23(24(31)28-29-12-4-3-5-13-29)27-30(22)21-11-10-19(25)15-20(21)26/h6,8,10-11,15H,3-5,7,9,12-14H2,1-2H3,(H,28,31). The van der Waals surface area contributed by atoms with Crippen LogP contribution >= 0.6 is 23.2 Å². The van der Waals surface area contributed by atoms with Crippen LogP contribution in [-0.2, 0) is 6.42 Å². The molecule has 1 aromatic carbocycles. The third-order valence-electron chi connectivity index (χ3n) is 6.05. The number of hydrogen-bond acceptors (Lipinski definition) is 3. The van der Waals surface area contributed by atoms with E-state index in [2.05, 4.69) is 24.5 Å². The minimum absolute atomic E-state index is 0.169. The largest absolute Gasteiger partial charge is 0.286 e. The number of carbonyl (C=O) groups excluding carboxylic acids is 1. The highest BCUT2D eigenvalue weighted by atomic mass is 35.5. The number of halogens is 2. The highest BCUT2D eigenvalue weighted by Crippen LogP contribution is 2.30. The van der Waals surface area contributed by atoms with Crippen molar-refractivity contribution in [1.82, 2.24) is 20.2 Å². The first-order valence-electron chi connectivity index (χ1n) is 10.9. The van der Waals surface area contributed by atoms with E-state index in [1.165, 1.54) is 17.6 Å². The summed E-state index contributed by atoms with van der Waals surface area (Å²) in [4.78, 5) is 13.1. The zero-order chi connectivity index (χ0) is 22.0. The van der Waals surface area contributed by atoms with Crippen molar-refractivity contribution in [2.45, 2.75) is 52.4 Å². The van der Waals surface area contributed by atoms with Crippen molar-refractivity contribution in [1.29, 1.82) is 0 Å². The van der Waals surface area contributed by atoms with Gasteiger partial charge in [0.15, 0.2) is 5.69 Å². The van der Waals surface area contributed by atoms with Crippen molar-refractivity contribution in [2.24, 2.45) is 0 Å². The van der Waals surface area contributed by atoms with E-state index in [1.54, 1.807) is 12.1 Å². The fraction of sp³-hybridized carbons (Fsp3) is 0.417. The molecule has 7 heteroatoms. The average molecular weight is 459 g/mol. The minimum atomic E-state index is -0.169. The molecule has 1 N–H and O–H groups in total. The Hall–Kier alpha value is -2.08. The number of rotatable bonds is 5. The van der Waals surface area contributed by atoms with Gasteiger partial charge in [-0.05, 0) is 57.7 Å². The molecule has 2 aliphatic rings. The fourth-order valence-electron chi connectivity index (χ4n) is 4.16. The van der Waals surface area contributed by atoms with Crippen molar-refractivity contribution >= 4 is 29.1 Å². The lowest BCUT2D eigenvalue weighted by Gasteiger charge is -2.26. The summed E-state index contributed by atoms with van der Waals surface area (Å²) >= 11 is 12.6. The molecule has 164 valence electrons. The third kappa shape index (κ3) is 5.05. The second-order valence-corrected chi connectivity index (χ2v) is 9.27. The Labute approximate surface area is 193 Å². The van der Waals surface area contributed by atoms with Crippen LogP contribution in [-0.4, -0.2) is 33.8 Å². The maximum absolute atomic E-state index is 13.1. The maximum atomic E-state index is 13.1. The molecular formula is C24H28Cl2N4O. The van der Waals surface area contributed by atoms with Gasteiger partial charge in [-0.2, -0.15) is 5.10 Å². The normalized spacial score (nSPS) is 17.3. The van der Waals surface area contributed by atoms with Crippen LogP contribution in [0.4, 0.5) is 0 Å². The van der Waals surface area contributed by atoms with E-state index in [9.17, 15) is 4.79 Å². The molecule has 0 saturated carbocycles. The summed E-state index contributed by atoms with van der Waals surface area (Å²) in [7, 11) is 0. The number of piperidine rings is 1. The molecule has 0 spiro atoms. The minimum Gasteiger partial charge on any atom is -0.283 e. The number of benzene rings is 1. The van der Waals surface area contributed by atoms with Gasteiger partial charge in [0.1, 0.15) is 0 Å². The van der Waals surface area contributed by atoms with Crippen LogP contribution in [0, 0.1) is 6.92 Å². The molecule has 5 nitrogen and oxygen atoms in total. The van der Waals surface area contributed by atoms with Crippen molar-refractivity contribution < 1.29 is 4.79 Å². The number of hydrazine groups is 1. The van der Waals surface area contributed by atoms with Gasteiger partial charge in [0.05, 0.1) is 16.4 Å². The van der Waals surface area contributed by atoms with Gasteiger partial charge in [0.2, 0.25) is 0 Å². The van der Waals surface area contributed by atoms with Crippen molar-refractivity contribution in [3.63, 3.8) is 0 Å². The summed E-state index contributed by atoms with van der Waals surface area (Å²) in [5, 5.41) is 7.80. The Morgan fingerprint density at radius 3 is 2.55 bits per heavy atom. The van der Waals surface area contributed by atoms with Gasteiger partial charge in [-0.1, -0.05) is 52.9 Å². The molecule has 2 aromatic rings. The summed E-state index contributed by atoms with van der Waals surface area (Å²) in [5.74, 6) is -0.169. The maximum Gasteiger partial charge on any atom is 0.286 e. The average Bonchev–Trinajstić information content (AvgIpc) is 3.06.